The second-order valence-corrected chi connectivity index (χ2v) is 9.37. The lowest BCUT2D eigenvalue weighted by Crippen LogP contribution is -2.40. The van der Waals surface area contributed by atoms with Crippen molar-refractivity contribution in [1.82, 2.24) is 9.78 Å². The van der Waals surface area contributed by atoms with E-state index in [0.29, 0.717) is 0 Å². The second-order valence-electron chi connectivity index (χ2n) is 9.37. The van der Waals surface area contributed by atoms with E-state index < -0.39 is 0 Å². The van der Waals surface area contributed by atoms with Crippen LogP contribution < -0.4 is 4.90 Å². The van der Waals surface area contributed by atoms with Crippen LogP contribution in [0.2, 0.25) is 0 Å². The van der Waals surface area contributed by atoms with Crippen molar-refractivity contribution in [3.8, 4) is 5.69 Å². The molecular weight excluding hydrogens is 362 g/mol. The summed E-state index contributed by atoms with van der Waals surface area (Å²) in [4.78, 5) is 2.35. The normalized spacial score (nSPS) is 24.7. The molecule has 0 bridgehead atoms. The summed E-state index contributed by atoms with van der Waals surface area (Å²) in [6.07, 6.45) is 7.91. The van der Waals surface area contributed by atoms with Gasteiger partial charge in [-0.2, -0.15) is 5.10 Å². The molecule has 0 N–H and O–H groups in total. The molecule has 2 fully saturated rings. The van der Waals surface area contributed by atoms with Crippen molar-refractivity contribution < 1.29 is 9.47 Å². The van der Waals surface area contributed by atoms with Crippen LogP contribution in [0.25, 0.3) is 5.69 Å². The van der Waals surface area contributed by atoms with Crippen molar-refractivity contribution in [2.75, 3.05) is 18.1 Å². The zero-order chi connectivity index (χ0) is 20.0. The Hall–Kier alpha value is -2.11. The van der Waals surface area contributed by atoms with Gasteiger partial charge in [0, 0.05) is 24.8 Å². The van der Waals surface area contributed by atoms with E-state index in [9.17, 15) is 0 Å². The minimum absolute atomic E-state index is 0.00489. The summed E-state index contributed by atoms with van der Waals surface area (Å²) in [5.74, 6) is 1.11. The third kappa shape index (κ3) is 3.30. The van der Waals surface area contributed by atoms with Crippen LogP contribution in [0.3, 0.4) is 0 Å². The topological polar surface area (TPSA) is 39.5 Å². The molecule has 2 saturated heterocycles. The summed E-state index contributed by atoms with van der Waals surface area (Å²) in [6, 6.07) is 10.4. The number of nitrogens with zero attached hydrogens (tertiary/aromatic N) is 3. The van der Waals surface area contributed by atoms with Gasteiger partial charge in [-0.25, -0.2) is 4.68 Å². The maximum Gasteiger partial charge on any atom is 0.144 e. The van der Waals surface area contributed by atoms with Gasteiger partial charge in [0.2, 0.25) is 0 Å². The van der Waals surface area contributed by atoms with Gasteiger partial charge in [-0.15, -0.1) is 0 Å². The number of para-hydroxylation sites is 1. The zero-order valence-electron chi connectivity index (χ0n) is 17.7. The fourth-order valence-corrected chi connectivity index (χ4v) is 4.73. The quantitative estimate of drug-likeness (QED) is 0.698. The predicted octanol–water partition coefficient (Wildman–Crippen LogP) is 5.25. The smallest absolute Gasteiger partial charge is 0.144 e. The first kappa shape index (κ1) is 18.9. The van der Waals surface area contributed by atoms with Crippen LogP contribution >= 0.6 is 0 Å². The molecule has 5 rings (SSSR count). The van der Waals surface area contributed by atoms with Crippen LogP contribution in [0.5, 0.6) is 0 Å². The van der Waals surface area contributed by atoms with E-state index in [1.54, 1.807) is 0 Å². The molecule has 2 aromatic rings. The summed E-state index contributed by atoms with van der Waals surface area (Å²) in [5.41, 5.74) is 4.71. The molecule has 1 aromatic heterocycles. The number of anilines is 1. The Labute approximate surface area is 173 Å². The third-order valence-corrected chi connectivity index (χ3v) is 6.12. The molecule has 154 valence electrons. The van der Waals surface area contributed by atoms with Gasteiger partial charge in [0.25, 0.3) is 0 Å². The van der Waals surface area contributed by atoms with E-state index in [1.165, 1.54) is 17.6 Å². The van der Waals surface area contributed by atoms with E-state index in [2.05, 4.69) is 60.8 Å². The molecule has 29 heavy (non-hydrogen) atoms. The Morgan fingerprint density at radius 3 is 2.52 bits per heavy atom. The molecule has 0 amide bonds. The van der Waals surface area contributed by atoms with Crippen molar-refractivity contribution in [3.05, 3.63) is 53.4 Å². The molecule has 0 saturated carbocycles. The second kappa shape index (κ2) is 7.29. The van der Waals surface area contributed by atoms with E-state index in [0.717, 1.165) is 56.1 Å². The minimum Gasteiger partial charge on any atom is -0.369 e. The number of hydrogen-bond acceptors (Lipinski definition) is 4. The summed E-state index contributed by atoms with van der Waals surface area (Å²) in [7, 11) is 0. The van der Waals surface area contributed by atoms with E-state index in [-0.39, 0.29) is 17.7 Å². The third-order valence-electron chi connectivity index (χ3n) is 6.12. The Kier molecular flexibility index (Phi) is 4.75. The Morgan fingerprint density at radius 2 is 1.79 bits per heavy atom. The average molecular weight is 394 g/mol. The number of aromatic nitrogens is 2. The van der Waals surface area contributed by atoms with Crippen LogP contribution in [0, 0.1) is 0 Å². The Balaban J connectivity index is 1.74. The van der Waals surface area contributed by atoms with Crippen LogP contribution in [0.15, 0.2) is 42.1 Å². The van der Waals surface area contributed by atoms with E-state index >= 15 is 0 Å². The lowest BCUT2D eigenvalue weighted by molar-refractivity contribution is 0.0149. The first-order chi connectivity index (χ1) is 14.0. The highest BCUT2D eigenvalue weighted by molar-refractivity contribution is 5.64. The molecule has 0 spiro atoms. The van der Waals surface area contributed by atoms with Gasteiger partial charge in [0.1, 0.15) is 18.1 Å². The number of benzene rings is 1. The Bertz CT molecular complexity index is 904. The fraction of sp³-hybridized carbons (Fsp3) is 0.542. The molecular formula is C24H31N3O2. The molecule has 3 aliphatic heterocycles. The van der Waals surface area contributed by atoms with Gasteiger partial charge in [-0.3, -0.25) is 0 Å². The molecule has 5 nitrogen and oxygen atoms in total. The molecule has 5 heteroatoms. The number of ether oxygens (including phenoxy) is 2. The molecule has 2 unspecified atom stereocenters. The fourth-order valence-electron chi connectivity index (χ4n) is 4.73. The van der Waals surface area contributed by atoms with Gasteiger partial charge in [-0.05, 0) is 49.8 Å². The molecule has 3 aliphatic rings. The Morgan fingerprint density at radius 1 is 1.00 bits per heavy atom. The van der Waals surface area contributed by atoms with E-state index in [1.807, 2.05) is 6.07 Å². The van der Waals surface area contributed by atoms with Crippen molar-refractivity contribution >= 4 is 5.82 Å². The molecule has 1 aromatic carbocycles. The largest absolute Gasteiger partial charge is 0.369 e. The highest BCUT2D eigenvalue weighted by Crippen LogP contribution is 2.48. The first-order valence-corrected chi connectivity index (χ1v) is 10.9. The minimum atomic E-state index is -0.0769. The summed E-state index contributed by atoms with van der Waals surface area (Å²) < 4.78 is 14.7. The van der Waals surface area contributed by atoms with Crippen LogP contribution in [0.4, 0.5) is 5.82 Å². The van der Waals surface area contributed by atoms with Crippen molar-refractivity contribution in [3.63, 3.8) is 0 Å². The van der Waals surface area contributed by atoms with E-state index in [4.69, 9.17) is 14.6 Å². The van der Waals surface area contributed by atoms with Gasteiger partial charge in [0.15, 0.2) is 0 Å². The monoisotopic (exact) mass is 393 g/mol. The maximum atomic E-state index is 6.34. The lowest BCUT2D eigenvalue weighted by Gasteiger charge is -2.40. The summed E-state index contributed by atoms with van der Waals surface area (Å²) >= 11 is 0. The number of rotatable bonds is 2. The SMILES string of the molecule is CC(C)(C)c1nn(-c2ccccc2)c2c1C1OCCCC1=CN2C1CCCCO1. The lowest BCUT2D eigenvalue weighted by atomic mass is 9.83. The van der Waals surface area contributed by atoms with Crippen molar-refractivity contribution in [1.29, 1.82) is 0 Å². The summed E-state index contributed by atoms with van der Waals surface area (Å²) in [6.45, 7) is 8.36. The average Bonchev–Trinajstić information content (AvgIpc) is 3.16. The van der Waals surface area contributed by atoms with Crippen LogP contribution in [-0.2, 0) is 14.9 Å². The van der Waals surface area contributed by atoms with Gasteiger partial charge in [-0.1, -0.05) is 39.0 Å². The first-order valence-electron chi connectivity index (χ1n) is 10.9. The highest BCUT2D eigenvalue weighted by atomic mass is 16.5. The number of hydrogen-bond donors (Lipinski definition) is 0. The van der Waals surface area contributed by atoms with Crippen molar-refractivity contribution in [2.24, 2.45) is 0 Å². The zero-order valence-corrected chi connectivity index (χ0v) is 17.7. The van der Waals surface area contributed by atoms with Crippen LogP contribution in [0.1, 0.15) is 70.2 Å². The molecule has 0 radical (unpaired) electrons. The molecule has 4 heterocycles. The van der Waals surface area contributed by atoms with Gasteiger partial charge >= 0.3 is 0 Å². The molecule has 0 aliphatic carbocycles. The predicted molar refractivity (Wildman–Crippen MR) is 114 cm³/mol. The molecule has 2 atom stereocenters. The number of fused-ring (bicyclic) bond motifs is 3. The standard InChI is InChI=1S/C24H31N3O2/c1-24(2,3)22-20-21-17(10-9-15-29-21)16-26(19-13-7-8-14-28-19)23(20)27(25-22)18-11-5-4-6-12-18/h4-6,11-12,16,19,21H,7-10,13-15H2,1-3H3. The van der Waals surface area contributed by atoms with Gasteiger partial charge in [0.05, 0.1) is 16.9 Å². The van der Waals surface area contributed by atoms with Crippen LogP contribution in [-0.4, -0.2) is 29.2 Å². The van der Waals surface area contributed by atoms with Gasteiger partial charge < -0.3 is 14.4 Å². The maximum absolute atomic E-state index is 6.34. The highest BCUT2D eigenvalue weighted by Gasteiger charge is 2.41. The summed E-state index contributed by atoms with van der Waals surface area (Å²) in [5, 5.41) is 5.18. The van der Waals surface area contributed by atoms with Crippen molar-refractivity contribution in [2.45, 2.75) is 70.6 Å².